The third-order valence-corrected chi connectivity index (χ3v) is 5.19. The summed E-state index contributed by atoms with van der Waals surface area (Å²) < 4.78 is 61.5. The predicted octanol–water partition coefficient (Wildman–Crippen LogP) is 6.74. The second-order valence-electron chi connectivity index (χ2n) is 7.20. The number of aryl methyl sites for hydroxylation is 1. The lowest BCUT2D eigenvalue weighted by Gasteiger charge is -2.32. The van der Waals surface area contributed by atoms with E-state index in [-0.39, 0.29) is 16.9 Å². The molecule has 5 heteroatoms. The molecule has 1 saturated carbocycles. The molecule has 0 heterocycles. The van der Waals surface area contributed by atoms with Gasteiger partial charge in [0.05, 0.1) is 5.92 Å². The number of benzene rings is 2. The zero-order valence-corrected chi connectivity index (χ0v) is 14.9. The summed E-state index contributed by atoms with van der Waals surface area (Å²) in [6.45, 7) is 3.55. The van der Waals surface area contributed by atoms with Crippen LogP contribution in [0.3, 0.4) is 0 Å². The minimum absolute atomic E-state index is 0.0189. The minimum atomic E-state index is -3.23. The number of hydrogen-bond donors (Lipinski definition) is 0. The highest BCUT2D eigenvalue weighted by molar-refractivity contribution is 5.65. The molecule has 0 atom stereocenters. The molecule has 3 rings (SSSR count). The molecule has 0 spiro atoms. The lowest BCUT2D eigenvalue weighted by molar-refractivity contribution is -0.223. The van der Waals surface area contributed by atoms with Crippen LogP contribution in [0.15, 0.2) is 36.4 Å². The summed E-state index contributed by atoms with van der Waals surface area (Å²) in [5.41, 5.74) is 0.712. The van der Waals surface area contributed by atoms with Gasteiger partial charge in [-0.1, -0.05) is 44.0 Å². The van der Waals surface area contributed by atoms with Crippen LogP contribution in [-0.4, -0.2) is 6.11 Å². The van der Waals surface area contributed by atoms with Crippen molar-refractivity contribution in [2.24, 2.45) is 11.8 Å². The maximum atomic E-state index is 14.4. The van der Waals surface area contributed by atoms with Crippen LogP contribution < -0.4 is 4.74 Å². The highest BCUT2D eigenvalue weighted by Gasteiger charge is 2.43. The first-order valence-electron chi connectivity index (χ1n) is 8.90. The summed E-state index contributed by atoms with van der Waals surface area (Å²) in [5, 5.41) is 0. The first kappa shape index (κ1) is 18.7. The van der Waals surface area contributed by atoms with Crippen molar-refractivity contribution in [2.45, 2.75) is 45.6 Å². The number of alkyl halides is 2. The molecule has 1 nitrogen and oxygen atoms in total. The van der Waals surface area contributed by atoms with Gasteiger partial charge in [-0.15, -0.1) is 0 Å². The normalized spacial score (nSPS) is 20.8. The smallest absolute Gasteiger partial charge is 0.400 e. The van der Waals surface area contributed by atoms with Crippen LogP contribution in [0.1, 0.15) is 38.2 Å². The summed E-state index contributed by atoms with van der Waals surface area (Å²) in [4.78, 5) is 0. The van der Waals surface area contributed by atoms with Crippen molar-refractivity contribution < 1.29 is 22.3 Å². The van der Waals surface area contributed by atoms with Gasteiger partial charge >= 0.3 is 6.11 Å². The average molecular weight is 366 g/mol. The van der Waals surface area contributed by atoms with Crippen molar-refractivity contribution in [2.75, 3.05) is 0 Å². The highest BCUT2D eigenvalue weighted by atomic mass is 19.3. The van der Waals surface area contributed by atoms with E-state index < -0.39 is 23.7 Å². The van der Waals surface area contributed by atoms with Gasteiger partial charge in [-0.05, 0) is 48.9 Å². The Bertz CT molecular complexity index is 762. The third-order valence-electron chi connectivity index (χ3n) is 5.19. The van der Waals surface area contributed by atoms with Crippen LogP contribution in [0.2, 0.25) is 0 Å². The first-order valence-corrected chi connectivity index (χ1v) is 8.90. The van der Waals surface area contributed by atoms with Gasteiger partial charge < -0.3 is 4.74 Å². The van der Waals surface area contributed by atoms with E-state index in [4.69, 9.17) is 4.74 Å². The van der Waals surface area contributed by atoms with Gasteiger partial charge in [0.15, 0.2) is 11.6 Å². The number of halogens is 4. The molecule has 140 valence electrons. The number of ether oxygens (including phenoxy) is 1. The van der Waals surface area contributed by atoms with Gasteiger partial charge in [-0.2, -0.15) is 8.78 Å². The first-order chi connectivity index (χ1) is 12.3. The molecule has 0 amide bonds. The van der Waals surface area contributed by atoms with Crippen LogP contribution in [0, 0.1) is 30.4 Å². The van der Waals surface area contributed by atoms with E-state index in [1.165, 1.54) is 43.3 Å². The summed E-state index contributed by atoms with van der Waals surface area (Å²) in [6.07, 6.45) is -0.787. The SMILES string of the molecule is Cc1ccc(-c2ccc(OC(F)(F)C3CCC(C)CC3)cc2)c(F)c1F. The van der Waals surface area contributed by atoms with Crippen molar-refractivity contribution >= 4 is 0 Å². The van der Waals surface area contributed by atoms with Crippen molar-refractivity contribution in [3.05, 3.63) is 53.6 Å². The molecule has 1 fully saturated rings. The van der Waals surface area contributed by atoms with Gasteiger partial charge in [0, 0.05) is 5.56 Å². The second-order valence-corrected chi connectivity index (χ2v) is 7.20. The number of hydrogen-bond acceptors (Lipinski definition) is 1. The van der Waals surface area contributed by atoms with Crippen LogP contribution >= 0.6 is 0 Å². The van der Waals surface area contributed by atoms with E-state index in [1.807, 2.05) is 0 Å². The Morgan fingerprint density at radius 3 is 2.12 bits per heavy atom. The van der Waals surface area contributed by atoms with Crippen LogP contribution in [0.5, 0.6) is 5.75 Å². The minimum Gasteiger partial charge on any atom is -0.432 e. The van der Waals surface area contributed by atoms with Crippen molar-refractivity contribution in [1.82, 2.24) is 0 Å². The van der Waals surface area contributed by atoms with E-state index in [9.17, 15) is 17.6 Å². The third kappa shape index (κ3) is 3.87. The summed E-state index contributed by atoms with van der Waals surface area (Å²) >= 11 is 0. The Kier molecular flexibility index (Phi) is 5.26. The molecule has 0 radical (unpaired) electrons. The molecular formula is C21H22F4O. The molecule has 0 aliphatic heterocycles. The largest absolute Gasteiger partial charge is 0.432 e. The maximum Gasteiger partial charge on any atom is 0.400 e. The Hall–Kier alpha value is -2.04. The zero-order chi connectivity index (χ0) is 18.9. The van der Waals surface area contributed by atoms with Crippen molar-refractivity contribution in [3.8, 4) is 16.9 Å². The molecule has 26 heavy (non-hydrogen) atoms. The molecule has 1 aliphatic rings. The molecule has 2 aromatic rings. The lowest BCUT2D eigenvalue weighted by atomic mass is 9.82. The fourth-order valence-corrected chi connectivity index (χ4v) is 3.41. The molecule has 0 bridgehead atoms. The monoisotopic (exact) mass is 366 g/mol. The fraction of sp³-hybridized carbons (Fsp3) is 0.429. The molecule has 2 aromatic carbocycles. The highest BCUT2D eigenvalue weighted by Crippen LogP contribution is 2.40. The summed E-state index contributed by atoms with van der Waals surface area (Å²) in [6, 6.07) is 8.61. The van der Waals surface area contributed by atoms with Gasteiger partial charge in [0.2, 0.25) is 0 Å². The van der Waals surface area contributed by atoms with Gasteiger partial charge in [0.25, 0.3) is 0 Å². The van der Waals surface area contributed by atoms with Crippen LogP contribution in [0.4, 0.5) is 17.6 Å². The molecule has 0 N–H and O–H groups in total. The van der Waals surface area contributed by atoms with Crippen LogP contribution in [-0.2, 0) is 0 Å². The Morgan fingerprint density at radius 1 is 0.885 bits per heavy atom. The second kappa shape index (κ2) is 7.29. The van der Waals surface area contributed by atoms with Gasteiger partial charge in [0.1, 0.15) is 5.75 Å². The quantitative estimate of drug-likeness (QED) is 0.545. The van der Waals surface area contributed by atoms with E-state index in [1.54, 1.807) is 0 Å². The number of rotatable bonds is 4. The van der Waals surface area contributed by atoms with Gasteiger partial charge in [-0.3, -0.25) is 0 Å². The predicted molar refractivity (Wildman–Crippen MR) is 93.2 cm³/mol. The fourth-order valence-electron chi connectivity index (χ4n) is 3.41. The van der Waals surface area contributed by atoms with Crippen molar-refractivity contribution in [1.29, 1.82) is 0 Å². The Labute approximate surface area is 151 Å². The van der Waals surface area contributed by atoms with E-state index in [2.05, 4.69) is 6.92 Å². The summed E-state index contributed by atoms with van der Waals surface area (Å²) in [7, 11) is 0. The zero-order valence-electron chi connectivity index (χ0n) is 14.9. The molecule has 0 saturated heterocycles. The molecule has 1 aliphatic carbocycles. The Morgan fingerprint density at radius 2 is 1.50 bits per heavy atom. The Balaban J connectivity index is 1.75. The van der Waals surface area contributed by atoms with E-state index in [0.717, 1.165) is 12.8 Å². The van der Waals surface area contributed by atoms with Gasteiger partial charge in [-0.25, -0.2) is 8.78 Å². The van der Waals surface area contributed by atoms with Crippen LogP contribution in [0.25, 0.3) is 11.1 Å². The standard InChI is InChI=1S/C21H22F4O/c1-13-3-8-16(9-4-13)21(24,25)26-17-10-6-15(7-11-17)18-12-5-14(2)19(22)20(18)23/h5-7,10-13,16H,3-4,8-9H2,1-2H3. The molecule has 0 aromatic heterocycles. The van der Waals surface area contributed by atoms with Crippen molar-refractivity contribution in [3.63, 3.8) is 0 Å². The average Bonchev–Trinajstić information content (AvgIpc) is 2.61. The maximum absolute atomic E-state index is 14.4. The van der Waals surface area contributed by atoms with E-state index >= 15 is 0 Å². The topological polar surface area (TPSA) is 9.23 Å². The summed E-state index contributed by atoms with van der Waals surface area (Å²) in [5.74, 6) is -2.14. The molecule has 0 unspecified atom stereocenters. The lowest BCUT2D eigenvalue weighted by Crippen LogP contribution is -2.36. The molecular weight excluding hydrogens is 344 g/mol. The van der Waals surface area contributed by atoms with E-state index in [0.29, 0.717) is 24.3 Å².